The molecule has 1 aromatic carbocycles. The van der Waals surface area contributed by atoms with Crippen molar-refractivity contribution in [3.63, 3.8) is 0 Å². The summed E-state index contributed by atoms with van der Waals surface area (Å²) in [6.07, 6.45) is 2.17. The van der Waals surface area contributed by atoms with E-state index in [2.05, 4.69) is 10.6 Å². The van der Waals surface area contributed by atoms with Gasteiger partial charge < -0.3 is 15.1 Å². The van der Waals surface area contributed by atoms with E-state index in [1.807, 2.05) is 6.92 Å². The van der Waals surface area contributed by atoms with Crippen LogP contribution in [0.2, 0.25) is 0 Å². The van der Waals surface area contributed by atoms with Crippen LogP contribution in [-0.4, -0.2) is 16.7 Å². The second-order valence-corrected chi connectivity index (χ2v) is 5.08. The maximum absolute atomic E-state index is 12.0. The molecular formula is C16H17N3O5. The second kappa shape index (κ2) is 7.91. The smallest absolute Gasteiger partial charge is 0.395 e. The number of anilines is 2. The molecule has 24 heavy (non-hydrogen) atoms. The minimum atomic E-state index is -0.719. The van der Waals surface area contributed by atoms with Crippen molar-refractivity contribution in [2.45, 2.75) is 26.2 Å². The summed E-state index contributed by atoms with van der Waals surface area (Å²) in [7, 11) is 0. The first kappa shape index (κ1) is 17.2. The van der Waals surface area contributed by atoms with Gasteiger partial charge in [-0.15, -0.1) is 0 Å². The van der Waals surface area contributed by atoms with Gasteiger partial charge in [0.15, 0.2) is 5.76 Å². The van der Waals surface area contributed by atoms with Crippen LogP contribution < -0.4 is 10.6 Å². The Hall–Kier alpha value is -3.16. The van der Waals surface area contributed by atoms with E-state index in [4.69, 9.17) is 4.42 Å². The van der Waals surface area contributed by atoms with E-state index in [0.29, 0.717) is 17.8 Å². The highest BCUT2D eigenvalue weighted by molar-refractivity contribution is 6.03. The van der Waals surface area contributed by atoms with Gasteiger partial charge in [0, 0.05) is 17.8 Å². The van der Waals surface area contributed by atoms with Gasteiger partial charge in [-0.2, -0.15) is 0 Å². The van der Waals surface area contributed by atoms with Crippen LogP contribution >= 0.6 is 0 Å². The lowest BCUT2D eigenvalue weighted by atomic mass is 10.2. The number of unbranched alkanes of at least 4 members (excludes halogenated alkanes) is 1. The predicted molar refractivity (Wildman–Crippen MR) is 87.9 cm³/mol. The number of nitrogens with one attached hydrogen (secondary N) is 2. The fourth-order valence-corrected chi connectivity index (χ4v) is 1.98. The van der Waals surface area contributed by atoms with Crippen molar-refractivity contribution in [3.8, 4) is 0 Å². The Morgan fingerprint density at radius 3 is 2.50 bits per heavy atom. The topological polar surface area (TPSA) is 114 Å². The van der Waals surface area contributed by atoms with Crippen LogP contribution in [0.4, 0.5) is 17.3 Å². The zero-order valence-corrected chi connectivity index (χ0v) is 13.1. The fourth-order valence-electron chi connectivity index (χ4n) is 1.98. The number of hydrogen-bond acceptors (Lipinski definition) is 5. The van der Waals surface area contributed by atoms with E-state index >= 15 is 0 Å². The van der Waals surface area contributed by atoms with Crippen LogP contribution in [0.25, 0.3) is 0 Å². The number of furan rings is 1. The molecule has 0 aliphatic carbocycles. The monoisotopic (exact) mass is 331 g/mol. The molecule has 0 atom stereocenters. The van der Waals surface area contributed by atoms with Gasteiger partial charge in [0.2, 0.25) is 5.91 Å². The molecule has 1 heterocycles. The van der Waals surface area contributed by atoms with E-state index < -0.39 is 16.7 Å². The molecule has 2 rings (SSSR count). The van der Waals surface area contributed by atoms with Gasteiger partial charge in [0.05, 0.1) is 6.07 Å². The van der Waals surface area contributed by atoms with Gasteiger partial charge in [0.1, 0.15) is 4.92 Å². The van der Waals surface area contributed by atoms with E-state index in [-0.39, 0.29) is 11.7 Å². The van der Waals surface area contributed by atoms with Crippen LogP contribution in [0, 0.1) is 10.1 Å². The summed E-state index contributed by atoms with van der Waals surface area (Å²) in [4.78, 5) is 33.6. The molecule has 8 nitrogen and oxygen atoms in total. The summed E-state index contributed by atoms with van der Waals surface area (Å²) in [6.45, 7) is 2.00. The molecule has 8 heteroatoms. The highest BCUT2D eigenvalue weighted by Gasteiger charge is 2.17. The van der Waals surface area contributed by atoms with Crippen molar-refractivity contribution >= 4 is 29.1 Å². The van der Waals surface area contributed by atoms with Crippen LogP contribution in [-0.2, 0) is 4.79 Å². The maximum atomic E-state index is 12.0. The molecule has 126 valence electrons. The summed E-state index contributed by atoms with van der Waals surface area (Å²) >= 11 is 0. The highest BCUT2D eigenvalue weighted by atomic mass is 16.6. The van der Waals surface area contributed by atoms with Crippen molar-refractivity contribution < 1.29 is 18.9 Å². The zero-order valence-electron chi connectivity index (χ0n) is 13.1. The summed E-state index contributed by atoms with van der Waals surface area (Å²) in [5, 5.41) is 15.9. The second-order valence-electron chi connectivity index (χ2n) is 5.08. The van der Waals surface area contributed by atoms with E-state index in [0.717, 1.165) is 18.9 Å². The Balaban J connectivity index is 2.01. The number of hydrogen-bond donors (Lipinski definition) is 2. The van der Waals surface area contributed by atoms with Crippen LogP contribution in [0.1, 0.15) is 36.7 Å². The Morgan fingerprint density at radius 2 is 1.88 bits per heavy atom. The van der Waals surface area contributed by atoms with Crippen molar-refractivity contribution in [1.82, 2.24) is 0 Å². The van der Waals surface area contributed by atoms with Crippen molar-refractivity contribution in [3.05, 3.63) is 52.3 Å². The third-order valence-electron chi connectivity index (χ3n) is 3.16. The number of benzene rings is 1. The molecule has 0 fully saturated rings. The van der Waals surface area contributed by atoms with E-state index in [1.54, 1.807) is 24.3 Å². The quantitative estimate of drug-likeness (QED) is 0.594. The van der Waals surface area contributed by atoms with Gasteiger partial charge in [0.25, 0.3) is 5.91 Å². The first-order chi connectivity index (χ1) is 11.5. The van der Waals surface area contributed by atoms with Crippen LogP contribution in [0.5, 0.6) is 0 Å². The third kappa shape index (κ3) is 4.67. The first-order valence-corrected chi connectivity index (χ1v) is 7.45. The molecule has 0 bridgehead atoms. The van der Waals surface area contributed by atoms with E-state index in [1.165, 1.54) is 6.07 Å². The Morgan fingerprint density at radius 1 is 1.17 bits per heavy atom. The zero-order chi connectivity index (χ0) is 17.5. The molecule has 0 aliphatic heterocycles. The summed E-state index contributed by atoms with van der Waals surface area (Å²) in [5.41, 5.74) is 0.992. The van der Waals surface area contributed by atoms with Crippen molar-refractivity contribution in [2.75, 3.05) is 10.6 Å². The number of nitrogens with zero attached hydrogens (tertiary/aromatic N) is 1. The summed E-state index contributed by atoms with van der Waals surface area (Å²) in [6, 6.07) is 8.95. The molecule has 2 amide bonds. The normalized spacial score (nSPS) is 10.2. The Kier molecular flexibility index (Phi) is 5.67. The van der Waals surface area contributed by atoms with Crippen LogP contribution in [0.3, 0.4) is 0 Å². The predicted octanol–water partition coefficient (Wildman–Crippen LogP) is 3.57. The minimum Gasteiger partial charge on any atom is -0.395 e. The van der Waals surface area contributed by atoms with E-state index in [9.17, 15) is 19.7 Å². The van der Waals surface area contributed by atoms with Gasteiger partial charge in [-0.3, -0.25) is 19.7 Å². The number of nitro groups is 1. The SMILES string of the molecule is CCCCC(=O)Nc1cccc(NC(=O)c2ccc([N+](=O)[O-])o2)c1. The third-order valence-corrected chi connectivity index (χ3v) is 3.16. The van der Waals surface area contributed by atoms with Crippen molar-refractivity contribution in [1.29, 1.82) is 0 Å². The lowest BCUT2D eigenvalue weighted by molar-refractivity contribution is -0.402. The van der Waals surface area contributed by atoms with Crippen LogP contribution in [0.15, 0.2) is 40.8 Å². The molecule has 0 saturated heterocycles. The number of carbonyl (C=O) groups is 2. The molecule has 0 spiro atoms. The van der Waals surface area contributed by atoms with Crippen molar-refractivity contribution in [2.24, 2.45) is 0 Å². The molecule has 0 aliphatic rings. The number of amides is 2. The molecular weight excluding hydrogens is 314 g/mol. The van der Waals surface area contributed by atoms with Gasteiger partial charge in [-0.1, -0.05) is 19.4 Å². The molecule has 0 unspecified atom stereocenters. The summed E-state index contributed by atoms with van der Waals surface area (Å²) in [5.74, 6) is -1.38. The average Bonchev–Trinajstić information content (AvgIpc) is 3.03. The Labute approximate surface area is 138 Å². The minimum absolute atomic E-state index is 0.0954. The molecule has 0 radical (unpaired) electrons. The largest absolute Gasteiger partial charge is 0.433 e. The molecule has 0 saturated carbocycles. The first-order valence-electron chi connectivity index (χ1n) is 7.45. The van der Waals surface area contributed by atoms with Gasteiger partial charge in [-0.25, -0.2) is 0 Å². The van der Waals surface area contributed by atoms with Gasteiger partial charge in [-0.05, 0) is 30.7 Å². The number of carbonyl (C=O) groups excluding carboxylic acids is 2. The summed E-state index contributed by atoms with van der Waals surface area (Å²) < 4.78 is 4.84. The standard InChI is InChI=1S/C16H17N3O5/c1-2-3-7-14(20)17-11-5-4-6-12(10-11)18-16(21)13-8-9-15(24-13)19(22)23/h4-6,8-10H,2-3,7H2,1H3,(H,17,20)(H,18,21). The van der Waals surface area contributed by atoms with Gasteiger partial charge >= 0.3 is 5.88 Å². The fraction of sp³-hybridized carbons (Fsp3) is 0.250. The number of rotatable bonds is 7. The lowest BCUT2D eigenvalue weighted by Gasteiger charge is -2.08. The highest BCUT2D eigenvalue weighted by Crippen LogP contribution is 2.19. The maximum Gasteiger partial charge on any atom is 0.433 e. The average molecular weight is 331 g/mol. The molecule has 1 aromatic heterocycles. The molecule has 2 N–H and O–H groups in total. The Bertz CT molecular complexity index is 754. The molecule has 2 aromatic rings. The lowest BCUT2D eigenvalue weighted by Crippen LogP contribution is -2.13.